The number of nitrogens with zero attached hydrogens (tertiary/aromatic N) is 3. The molecule has 1 aromatic carbocycles. The normalized spacial score (nSPS) is 12.5. The van der Waals surface area contributed by atoms with Crippen LogP contribution in [0.1, 0.15) is 36.6 Å². The van der Waals surface area contributed by atoms with Crippen molar-refractivity contribution in [2.45, 2.75) is 38.1 Å². The summed E-state index contributed by atoms with van der Waals surface area (Å²) >= 11 is 1.59. The molecule has 0 spiro atoms. The minimum atomic E-state index is -0.267. The van der Waals surface area contributed by atoms with Gasteiger partial charge in [0.05, 0.1) is 23.6 Å². The highest BCUT2D eigenvalue weighted by Crippen LogP contribution is 2.30. The Balaban J connectivity index is 1.60. The molecule has 0 aliphatic heterocycles. The summed E-state index contributed by atoms with van der Waals surface area (Å²) < 4.78 is 7.52. The van der Waals surface area contributed by atoms with Gasteiger partial charge in [0.1, 0.15) is 11.3 Å². The molecule has 4 aromatic rings. The van der Waals surface area contributed by atoms with Crippen molar-refractivity contribution in [3.63, 3.8) is 0 Å². The van der Waals surface area contributed by atoms with Crippen molar-refractivity contribution >= 4 is 45.0 Å². The van der Waals surface area contributed by atoms with Crippen LogP contribution in [0.2, 0.25) is 0 Å². The van der Waals surface area contributed by atoms with E-state index in [4.69, 9.17) is 21.2 Å². The Morgan fingerprint density at radius 2 is 2.06 bits per heavy atom. The second-order valence-corrected chi connectivity index (χ2v) is 8.42. The van der Waals surface area contributed by atoms with Crippen LogP contribution in [0.3, 0.4) is 0 Å². The molecule has 0 saturated carbocycles. The number of carbonyl (C=O) groups is 1. The van der Waals surface area contributed by atoms with Crippen LogP contribution in [0, 0.1) is 0 Å². The molecule has 8 heteroatoms. The molecule has 0 saturated heterocycles. The van der Waals surface area contributed by atoms with E-state index in [1.54, 1.807) is 18.4 Å². The van der Waals surface area contributed by atoms with Gasteiger partial charge in [0.15, 0.2) is 5.82 Å². The van der Waals surface area contributed by atoms with Gasteiger partial charge >= 0.3 is 0 Å². The van der Waals surface area contributed by atoms with Crippen LogP contribution < -0.4 is 11.5 Å². The number of amides is 1. The zero-order valence-corrected chi connectivity index (χ0v) is 18.4. The number of rotatable bonds is 10. The molecule has 162 valence electrons. The largest absolute Gasteiger partial charge is 0.384 e. The fourth-order valence-electron chi connectivity index (χ4n) is 4.09. The number of primary amides is 1. The van der Waals surface area contributed by atoms with Gasteiger partial charge in [-0.3, -0.25) is 4.79 Å². The van der Waals surface area contributed by atoms with E-state index in [1.807, 2.05) is 35.0 Å². The third kappa shape index (κ3) is 4.40. The monoisotopic (exact) mass is 437 g/mol. The number of benzene rings is 1. The highest BCUT2D eigenvalue weighted by atomic mass is 32.1. The number of methoxy groups -OCH3 is 1. The fourth-order valence-corrected chi connectivity index (χ4v) is 4.81. The first-order valence-electron chi connectivity index (χ1n) is 10.4. The number of nitrogens with two attached hydrogens (primary N) is 2. The van der Waals surface area contributed by atoms with Crippen molar-refractivity contribution in [1.29, 1.82) is 0 Å². The van der Waals surface area contributed by atoms with Gasteiger partial charge in [0, 0.05) is 25.5 Å². The average Bonchev–Trinajstić information content (AvgIpc) is 3.41. The highest BCUT2D eigenvalue weighted by molar-refractivity contribution is 7.08. The maximum atomic E-state index is 11.9. The molecule has 0 aliphatic rings. The molecule has 3 heterocycles. The topological polar surface area (TPSA) is 109 Å². The number of fused-ring (bicyclic) bond motifs is 3. The number of hydrogen-bond acceptors (Lipinski definition) is 6. The zero-order valence-electron chi connectivity index (χ0n) is 17.6. The molecule has 1 unspecified atom stereocenters. The third-order valence-corrected chi connectivity index (χ3v) is 6.33. The van der Waals surface area contributed by atoms with E-state index >= 15 is 0 Å². The maximum Gasteiger partial charge on any atom is 0.224 e. The summed E-state index contributed by atoms with van der Waals surface area (Å²) in [5.41, 5.74) is 15.5. The number of pyridine rings is 1. The third-order valence-electron chi connectivity index (χ3n) is 5.63. The van der Waals surface area contributed by atoms with Crippen molar-refractivity contribution in [1.82, 2.24) is 14.5 Å². The quantitative estimate of drug-likeness (QED) is 0.366. The molecule has 0 bridgehead atoms. The van der Waals surface area contributed by atoms with Gasteiger partial charge in [-0.1, -0.05) is 24.6 Å². The number of thiophene rings is 1. The molecule has 0 aliphatic carbocycles. The second-order valence-electron chi connectivity index (χ2n) is 7.64. The number of anilines is 1. The van der Waals surface area contributed by atoms with Gasteiger partial charge in [-0.25, -0.2) is 9.97 Å². The number of aryl methyl sites for hydroxylation is 1. The molecular formula is C23H27N5O2S. The van der Waals surface area contributed by atoms with Crippen LogP contribution in [-0.2, 0) is 22.5 Å². The number of carbonyl (C=O) groups excluding carboxylic acids is 1. The molecule has 31 heavy (non-hydrogen) atoms. The fraction of sp³-hybridized carbons (Fsp3) is 0.348. The number of ether oxygens (including phenoxy) is 1. The van der Waals surface area contributed by atoms with Crippen LogP contribution in [-0.4, -0.2) is 34.2 Å². The van der Waals surface area contributed by atoms with Gasteiger partial charge in [0.2, 0.25) is 5.91 Å². The van der Waals surface area contributed by atoms with E-state index in [1.165, 1.54) is 0 Å². The number of nitrogen functional groups attached to an aromatic ring is 1. The Kier molecular flexibility index (Phi) is 6.48. The number of aromatic nitrogens is 3. The first-order chi connectivity index (χ1) is 15.1. The minimum Gasteiger partial charge on any atom is -0.384 e. The average molecular weight is 438 g/mol. The Bertz CT molecular complexity index is 1190. The van der Waals surface area contributed by atoms with Crippen LogP contribution in [0.4, 0.5) is 5.82 Å². The lowest BCUT2D eigenvalue weighted by Gasteiger charge is -2.14. The highest BCUT2D eigenvalue weighted by Gasteiger charge is 2.19. The van der Waals surface area contributed by atoms with Gasteiger partial charge in [0.25, 0.3) is 0 Å². The smallest absolute Gasteiger partial charge is 0.224 e. The van der Waals surface area contributed by atoms with Crippen LogP contribution in [0.5, 0.6) is 0 Å². The van der Waals surface area contributed by atoms with E-state index < -0.39 is 0 Å². The Hall–Kier alpha value is -2.97. The molecule has 0 fully saturated rings. The van der Waals surface area contributed by atoms with Crippen molar-refractivity contribution in [3.05, 3.63) is 52.5 Å². The minimum absolute atomic E-state index is 0.237. The summed E-state index contributed by atoms with van der Waals surface area (Å²) in [6, 6.07) is 9.97. The van der Waals surface area contributed by atoms with Crippen molar-refractivity contribution in [2.24, 2.45) is 5.73 Å². The van der Waals surface area contributed by atoms with Crippen molar-refractivity contribution in [2.75, 3.05) is 19.5 Å². The van der Waals surface area contributed by atoms with Crippen LogP contribution >= 0.6 is 11.3 Å². The summed E-state index contributed by atoms with van der Waals surface area (Å²) in [6.07, 6.45) is 3.20. The van der Waals surface area contributed by atoms with Crippen molar-refractivity contribution < 1.29 is 9.53 Å². The lowest BCUT2D eigenvalue weighted by molar-refractivity contribution is -0.119. The predicted molar refractivity (Wildman–Crippen MR) is 125 cm³/mol. The summed E-state index contributed by atoms with van der Waals surface area (Å²) in [6.45, 7) is 1.36. The molecule has 0 radical (unpaired) electrons. The molecule has 4 rings (SSSR count). The molecule has 1 amide bonds. The lowest BCUT2D eigenvalue weighted by atomic mass is 9.95. The first-order valence-corrected chi connectivity index (χ1v) is 11.4. The second kappa shape index (κ2) is 9.45. The van der Waals surface area contributed by atoms with E-state index in [0.29, 0.717) is 18.8 Å². The molecular weight excluding hydrogens is 410 g/mol. The van der Waals surface area contributed by atoms with Crippen LogP contribution in [0.15, 0.2) is 41.1 Å². The van der Waals surface area contributed by atoms with E-state index in [0.717, 1.165) is 59.1 Å². The SMILES string of the molecule is COCCc1nc2c(N)nc3ccccc3c2n1CCCCC(C(N)=O)c1ccsc1. The van der Waals surface area contributed by atoms with E-state index in [-0.39, 0.29) is 11.8 Å². The molecule has 4 N–H and O–H groups in total. The Labute approximate surface area is 185 Å². The summed E-state index contributed by atoms with van der Waals surface area (Å²) in [4.78, 5) is 21.3. The van der Waals surface area contributed by atoms with Crippen LogP contribution in [0.25, 0.3) is 21.9 Å². The van der Waals surface area contributed by atoms with E-state index in [9.17, 15) is 4.79 Å². The van der Waals surface area contributed by atoms with Gasteiger partial charge < -0.3 is 20.8 Å². The standard InChI is InChI=1S/C23H27N5O2S/c1-30-12-9-19-27-20-21(17-7-2-3-8-18(17)26-22(20)24)28(19)11-5-4-6-16(23(25)29)15-10-13-31-14-15/h2-3,7-8,10,13-14,16H,4-6,9,11-12H2,1H3,(H2,24,26)(H2,25,29). The number of imidazole rings is 1. The van der Waals surface area contributed by atoms with Crippen molar-refractivity contribution in [3.8, 4) is 0 Å². The Morgan fingerprint density at radius 3 is 2.81 bits per heavy atom. The first kappa shape index (κ1) is 21.3. The number of para-hydroxylation sites is 1. The molecule has 7 nitrogen and oxygen atoms in total. The predicted octanol–water partition coefficient (Wildman–Crippen LogP) is 3.86. The molecule has 1 atom stereocenters. The summed E-state index contributed by atoms with van der Waals surface area (Å²) in [5.74, 6) is 0.875. The van der Waals surface area contributed by atoms with Gasteiger partial charge in [-0.05, 0) is 41.3 Å². The van der Waals surface area contributed by atoms with Gasteiger partial charge in [-0.15, -0.1) is 0 Å². The number of unbranched alkanes of at least 4 members (excludes halogenated alkanes) is 1. The number of hydrogen-bond donors (Lipinski definition) is 2. The molecule has 3 aromatic heterocycles. The maximum absolute atomic E-state index is 11.9. The lowest BCUT2D eigenvalue weighted by Crippen LogP contribution is -2.21. The zero-order chi connectivity index (χ0) is 21.8. The summed E-state index contributed by atoms with van der Waals surface area (Å²) in [5, 5.41) is 5.02. The summed E-state index contributed by atoms with van der Waals surface area (Å²) in [7, 11) is 1.69. The van der Waals surface area contributed by atoms with Gasteiger partial charge in [-0.2, -0.15) is 11.3 Å². The Morgan fingerprint density at radius 1 is 1.23 bits per heavy atom. The van der Waals surface area contributed by atoms with E-state index in [2.05, 4.69) is 15.6 Å².